The lowest BCUT2D eigenvalue weighted by molar-refractivity contribution is 0.104. The molecule has 2 aromatic carbocycles. The van der Waals surface area contributed by atoms with Gasteiger partial charge in [0.1, 0.15) is 11.5 Å². The molecule has 1 N–H and O–H groups in total. The van der Waals surface area contributed by atoms with Gasteiger partial charge < -0.3 is 19.3 Å². The van der Waals surface area contributed by atoms with Crippen molar-refractivity contribution in [2.75, 3.05) is 21.3 Å². The minimum atomic E-state index is -0.215. The van der Waals surface area contributed by atoms with E-state index >= 15 is 0 Å². The summed E-state index contributed by atoms with van der Waals surface area (Å²) in [5.74, 6) is 1.33. The maximum Gasteiger partial charge on any atom is 0.185 e. The van der Waals surface area contributed by atoms with Crippen LogP contribution in [-0.4, -0.2) is 32.2 Å². The van der Waals surface area contributed by atoms with E-state index in [0.29, 0.717) is 17.1 Å². The van der Waals surface area contributed by atoms with Crippen molar-refractivity contribution in [3.05, 3.63) is 53.6 Å². The zero-order chi connectivity index (χ0) is 16.8. The van der Waals surface area contributed by atoms with Gasteiger partial charge in [0.25, 0.3) is 0 Å². The van der Waals surface area contributed by atoms with Gasteiger partial charge in [-0.15, -0.1) is 0 Å². The predicted octanol–water partition coefficient (Wildman–Crippen LogP) is 3.31. The molecule has 0 heterocycles. The normalized spacial score (nSPS) is 10.6. The van der Waals surface area contributed by atoms with Crippen LogP contribution in [0.25, 0.3) is 6.08 Å². The number of carbonyl (C=O) groups is 1. The van der Waals surface area contributed by atoms with Crippen molar-refractivity contribution in [2.24, 2.45) is 0 Å². The molecular formula is C18H18O5. The number of ketones is 1. The summed E-state index contributed by atoms with van der Waals surface area (Å²) in [7, 11) is 4.56. The summed E-state index contributed by atoms with van der Waals surface area (Å²) in [6.07, 6.45) is 3.09. The molecule has 0 atom stereocenters. The standard InChI is InChI=1S/C18H18O5/c1-21-14-6-9-17(22-2)13(10-14)5-7-15(19)12-4-8-16(20)18(11-12)23-3/h4-11,20H,1-3H3/b7-5+. The third-order valence-electron chi connectivity index (χ3n) is 3.32. The Labute approximate surface area is 134 Å². The fourth-order valence-corrected chi connectivity index (χ4v) is 2.06. The zero-order valence-corrected chi connectivity index (χ0v) is 13.2. The van der Waals surface area contributed by atoms with Crippen LogP contribution in [0.4, 0.5) is 0 Å². The fourth-order valence-electron chi connectivity index (χ4n) is 2.06. The first-order valence-electron chi connectivity index (χ1n) is 6.90. The van der Waals surface area contributed by atoms with Crippen LogP contribution < -0.4 is 14.2 Å². The molecule has 5 heteroatoms. The summed E-state index contributed by atoms with van der Waals surface area (Å²) in [6, 6.07) is 9.78. The Kier molecular flexibility index (Phi) is 5.25. The first-order chi connectivity index (χ1) is 11.1. The molecule has 0 saturated carbocycles. The largest absolute Gasteiger partial charge is 0.504 e. The smallest absolute Gasteiger partial charge is 0.185 e. The van der Waals surface area contributed by atoms with Crippen molar-refractivity contribution < 1.29 is 24.1 Å². The Hall–Kier alpha value is -2.95. The van der Waals surface area contributed by atoms with Crippen molar-refractivity contribution in [3.63, 3.8) is 0 Å². The predicted molar refractivity (Wildman–Crippen MR) is 87.6 cm³/mol. The highest BCUT2D eigenvalue weighted by Gasteiger charge is 2.08. The molecule has 5 nitrogen and oxygen atoms in total. The van der Waals surface area contributed by atoms with Crippen LogP contribution >= 0.6 is 0 Å². The molecule has 0 spiro atoms. The van der Waals surface area contributed by atoms with Crippen LogP contribution in [0.2, 0.25) is 0 Å². The molecule has 0 aliphatic carbocycles. The SMILES string of the molecule is COc1ccc(OC)c(/C=C/C(=O)c2ccc(O)c(OC)c2)c1. The van der Waals surface area contributed by atoms with Gasteiger partial charge in [-0.3, -0.25) is 4.79 Å². The Morgan fingerprint density at radius 1 is 0.957 bits per heavy atom. The minimum Gasteiger partial charge on any atom is -0.504 e. The van der Waals surface area contributed by atoms with E-state index in [1.54, 1.807) is 38.5 Å². The van der Waals surface area contributed by atoms with E-state index in [1.165, 1.54) is 31.4 Å². The van der Waals surface area contributed by atoms with E-state index in [0.717, 1.165) is 5.56 Å². The summed E-state index contributed by atoms with van der Waals surface area (Å²) in [5, 5.41) is 9.57. The third-order valence-corrected chi connectivity index (χ3v) is 3.32. The number of hydrogen-bond donors (Lipinski definition) is 1. The van der Waals surface area contributed by atoms with Gasteiger partial charge in [0.05, 0.1) is 21.3 Å². The van der Waals surface area contributed by atoms with Crippen LogP contribution in [-0.2, 0) is 0 Å². The van der Waals surface area contributed by atoms with E-state index in [1.807, 2.05) is 0 Å². The van der Waals surface area contributed by atoms with Crippen LogP contribution in [0.3, 0.4) is 0 Å². The molecule has 0 aliphatic rings. The summed E-state index contributed by atoms with van der Waals surface area (Å²) in [5.41, 5.74) is 1.14. The quantitative estimate of drug-likeness (QED) is 0.654. The summed E-state index contributed by atoms with van der Waals surface area (Å²) < 4.78 is 15.4. The van der Waals surface area contributed by atoms with Gasteiger partial charge in [-0.1, -0.05) is 0 Å². The fraction of sp³-hybridized carbons (Fsp3) is 0.167. The average molecular weight is 314 g/mol. The topological polar surface area (TPSA) is 65.0 Å². The lowest BCUT2D eigenvalue weighted by Crippen LogP contribution is -1.96. The van der Waals surface area contributed by atoms with Crippen LogP contribution in [0.1, 0.15) is 15.9 Å². The number of aromatic hydroxyl groups is 1. The second-order valence-corrected chi connectivity index (χ2v) is 4.69. The van der Waals surface area contributed by atoms with E-state index in [9.17, 15) is 9.90 Å². The number of hydrogen-bond acceptors (Lipinski definition) is 5. The summed E-state index contributed by atoms with van der Waals surface area (Å²) >= 11 is 0. The molecule has 120 valence electrons. The molecule has 2 aromatic rings. The van der Waals surface area contributed by atoms with Crippen molar-refractivity contribution in [2.45, 2.75) is 0 Å². The third kappa shape index (κ3) is 3.83. The average Bonchev–Trinajstić information content (AvgIpc) is 2.59. The maximum absolute atomic E-state index is 12.3. The second-order valence-electron chi connectivity index (χ2n) is 4.69. The number of phenolic OH excluding ortho intramolecular Hbond substituents is 1. The first-order valence-corrected chi connectivity index (χ1v) is 6.90. The second kappa shape index (κ2) is 7.35. The van der Waals surface area contributed by atoms with Gasteiger partial charge in [-0.2, -0.15) is 0 Å². The van der Waals surface area contributed by atoms with Gasteiger partial charge in [0, 0.05) is 11.1 Å². The molecule has 0 fully saturated rings. The first kappa shape index (κ1) is 16.4. The molecule has 0 unspecified atom stereocenters. The van der Waals surface area contributed by atoms with E-state index < -0.39 is 0 Å². The van der Waals surface area contributed by atoms with Gasteiger partial charge in [0.2, 0.25) is 0 Å². The number of rotatable bonds is 6. The number of methoxy groups -OCH3 is 3. The van der Waals surface area contributed by atoms with Gasteiger partial charge >= 0.3 is 0 Å². The Bertz CT molecular complexity index is 734. The molecule has 0 radical (unpaired) electrons. The van der Waals surface area contributed by atoms with Gasteiger partial charge in [-0.25, -0.2) is 0 Å². The Morgan fingerprint density at radius 2 is 1.70 bits per heavy atom. The van der Waals surface area contributed by atoms with Crippen LogP contribution in [0.15, 0.2) is 42.5 Å². The summed E-state index contributed by atoms with van der Waals surface area (Å²) in [6.45, 7) is 0. The number of benzene rings is 2. The van der Waals surface area contributed by atoms with E-state index in [-0.39, 0.29) is 17.3 Å². The van der Waals surface area contributed by atoms with Crippen molar-refractivity contribution in [1.29, 1.82) is 0 Å². The summed E-state index contributed by atoms with van der Waals surface area (Å²) in [4.78, 5) is 12.3. The number of carbonyl (C=O) groups excluding carboxylic acids is 1. The molecule has 0 saturated heterocycles. The zero-order valence-electron chi connectivity index (χ0n) is 13.2. The Balaban J connectivity index is 2.27. The highest BCUT2D eigenvalue weighted by molar-refractivity contribution is 6.07. The number of phenols is 1. The number of allylic oxidation sites excluding steroid dienone is 1. The van der Waals surface area contributed by atoms with E-state index in [2.05, 4.69) is 0 Å². The maximum atomic E-state index is 12.3. The Morgan fingerprint density at radius 3 is 2.35 bits per heavy atom. The molecular weight excluding hydrogens is 296 g/mol. The number of ether oxygens (including phenoxy) is 3. The molecule has 0 bridgehead atoms. The van der Waals surface area contributed by atoms with Gasteiger partial charge in [0.15, 0.2) is 17.3 Å². The van der Waals surface area contributed by atoms with Crippen molar-refractivity contribution in [3.8, 4) is 23.0 Å². The van der Waals surface area contributed by atoms with Crippen molar-refractivity contribution in [1.82, 2.24) is 0 Å². The minimum absolute atomic E-state index is 0.0116. The molecule has 23 heavy (non-hydrogen) atoms. The molecule has 0 aliphatic heterocycles. The molecule has 0 amide bonds. The van der Waals surface area contributed by atoms with Crippen LogP contribution in [0.5, 0.6) is 23.0 Å². The van der Waals surface area contributed by atoms with Crippen molar-refractivity contribution >= 4 is 11.9 Å². The van der Waals surface area contributed by atoms with Gasteiger partial charge in [-0.05, 0) is 48.6 Å². The lowest BCUT2D eigenvalue weighted by atomic mass is 10.1. The lowest BCUT2D eigenvalue weighted by Gasteiger charge is -2.07. The molecule has 0 aromatic heterocycles. The monoisotopic (exact) mass is 314 g/mol. The highest BCUT2D eigenvalue weighted by atomic mass is 16.5. The van der Waals surface area contributed by atoms with E-state index in [4.69, 9.17) is 14.2 Å². The molecule has 2 rings (SSSR count). The van der Waals surface area contributed by atoms with Crippen LogP contribution in [0, 0.1) is 0 Å². The highest BCUT2D eigenvalue weighted by Crippen LogP contribution is 2.28.